The van der Waals surface area contributed by atoms with Gasteiger partial charge in [0, 0.05) is 16.6 Å². The molecule has 1 fully saturated rings. The summed E-state index contributed by atoms with van der Waals surface area (Å²) in [6.07, 6.45) is 7.02. The maximum Gasteiger partial charge on any atom is 0.291 e. The minimum Gasteiger partial charge on any atom is -0.459 e. The van der Waals surface area contributed by atoms with Gasteiger partial charge in [-0.1, -0.05) is 12.5 Å². The zero-order chi connectivity index (χ0) is 18.6. The van der Waals surface area contributed by atoms with Crippen LogP contribution in [0.1, 0.15) is 52.0 Å². The lowest BCUT2D eigenvalue weighted by Crippen LogP contribution is -2.35. The van der Waals surface area contributed by atoms with E-state index in [1.807, 2.05) is 18.3 Å². The highest BCUT2D eigenvalue weighted by Gasteiger charge is 2.29. The summed E-state index contributed by atoms with van der Waals surface area (Å²) in [7, 11) is 0. The summed E-state index contributed by atoms with van der Waals surface area (Å²) in [6.45, 7) is 4.16. The molecule has 0 spiro atoms. The van der Waals surface area contributed by atoms with Crippen LogP contribution in [0.3, 0.4) is 0 Å². The van der Waals surface area contributed by atoms with Crippen molar-refractivity contribution in [2.75, 3.05) is 18.4 Å². The number of carbonyl (C=O) groups is 1. The Balaban J connectivity index is 1.70. The van der Waals surface area contributed by atoms with E-state index >= 15 is 0 Å². The van der Waals surface area contributed by atoms with Crippen molar-refractivity contribution in [3.8, 4) is 0 Å². The lowest BCUT2D eigenvalue weighted by atomic mass is 9.99. The Kier molecular flexibility index (Phi) is 5.36. The van der Waals surface area contributed by atoms with E-state index in [-0.39, 0.29) is 11.9 Å². The van der Waals surface area contributed by atoms with Crippen LogP contribution in [0, 0.1) is 6.92 Å². The number of hydrogen-bond acceptors (Lipinski definition) is 5. The molecule has 0 aliphatic carbocycles. The number of amides is 1. The Hall–Kier alpha value is -2.44. The topological polar surface area (TPSA) is 58.4 Å². The summed E-state index contributed by atoms with van der Waals surface area (Å²) in [5.41, 5.74) is 2.13. The number of carbonyl (C=O) groups excluding carboxylic acids is 1. The summed E-state index contributed by atoms with van der Waals surface area (Å²) in [5, 5.41) is 3.92. The monoisotopic (exact) mass is 381 g/mol. The molecule has 4 heterocycles. The number of thiophene rings is 1. The van der Waals surface area contributed by atoms with E-state index in [0.29, 0.717) is 5.76 Å². The quantitative estimate of drug-likeness (QED) is 0.685. The van der Waals surface area contributed by atoms with E-state index < -0.39 is 0 Å². The number of hydrogen-bond donors (Lipinski definition) is 1. The Bertz CT molecular complexity index is 884. The second-order valence-corrected chi connectivity index (χ2v) is 8.08. The fourth-order valence-electron chi connectivity index (χ4n) is 3.66. The van der Waals surface area contributed by atoms with Crippen molar-refractivity contribution in [2.45, 2.75) is 32.2 Å². The molecule has 3 aromatic heterocycles. The number of pyridine rings is 1. The number of furan rings is 1. The van der Waals surface area contributed by atoms with Crippen molar-refractivity contribution in [3.05, 3.63) is 70.8 Å². The van der Waals surface area contributed by atoms with Crippen molar-refractivity contribution in [1.82, 2.24) is 9.88 Å². The predicted octanol–water partition coefficient (Wildman–Crippen LogP) is 4.87. The van der Waals surface area contributed by atoms with Crippen molar-refractivity contribution in [1.29, 1.82) is 0 Å². The maximum atomic E-state index is 12.5. The van der Waals surface area contributed by atoms with E-state index in [1.54, 1.807) is 23.5 Å². The van der Waals surface area contributed by atoms with Crippen LogP contribution in [-0.2, 0) is 0 Å². The molecule has 0 unspecified atom stereocenters. The minimum absolute atomic E-state index is 0.0448. The average Bonchev–Trinajstić information content (AvgIpc) is 3.34. The molecule has 27 heavy (non-hydrogen) atoms. The molecule has 1 amide bonds. The number of likely N-dealkylation sites (tertiary alicyclic amines) is 1. The van der Waals surface area contributed by atoms with E-state index in [2.05, 4.69) is 34.3 Å². The number of nitrogens with one attached hydrogen (secondary N) is 1. The molecule has 3 aromatic rings. The highest BCUT2D eigenvalue weighted by molar-refractivity contribution is 7.16. The third kappa shape index (κ3) is 3.96. The van der Waals surface area contributed by atoms with Gasteiger partial charge < -0.3 is 9.73 Å². The standard InChI is InChI=1S/C21H23N3O2S/c1-15-14-16(21(27-15)23-20(25)18-9-7-13-26-18)19(17-8-3-4-10-22-17)24-11-5-2-6-12-24/h3-4,7-10,13-14,19H,2,5-6,11-12H2,1H3,(H,23,25)/t19-/m0/s1. The largest absolute Gasteiger partial charge is 0.459 e. The molecule has 1 N–H and O–H groups in total. The Morgan fingerprint density at radius 2 is 2.07 bits per heavy atom. The molecule has 1 saturated heterocycles. The van der Waals surface area contributed by atoms with Gasteiger partial charge in [0.2, 0.25) is 0 Å². The lowest BCUT2D eigenvalue weighted by molar-refractivity contribution is 0.0996. The molecular formula is C21H23N3O2S. The highest BCUT2D eigenvalue weighted by Crippen LogP contribution is 2.39. The third-order valence-corrected chi connectivity index (χ3v) is 5.86. The van der Waals surface area contributed by atoms with E-state index in [0.717, 1.165) is 34.2 Å². The molecule has 1 aliphatic rings. The first-order chi connectivity index (χ1) is 13.2. The smallest absolute Gasteiger partial charge is 0.291 e. The zero-order valence-electron chi connectivity index (χ0n) is 15.4. The molecule has 0 bridgehead atoms. The van der Waals surface area contributed by atoms with Crippen LogP contribution in [0.15, 0.2) is 53.3 Å². The summed E-state index contributed by atoms with van der Waals surface area (Å²) in [6, 6.07) is 11.7. The van der Waals surface area contributed by atoms with Gasteiger partial charge in [0.15, 0.2) is 5.76 Å². The molecule has 5 nitrogen and oxygen atoms in total. The van der Waals surface area contributed by atoms with Gasteiger partial charge in [0.1, 0.15) is 5.00 Å². The molecule has 1 aliphatic heterocycles. The van der Waals surface area contributed by atoms with Gasteiger partial charge in [-0.2, -0.15) is 0 Å². The third-order valence-electron chi connectivity index (χ3n) is 4.87. The van der Waals surface area contributed by atoms with Crippen LogP contribution >= 0.6 is 11.3 Å². The van der Waals surface area contributed by atoms with Crippen LogP contribution in [0.2, 0.25) is 0 Å². The van der Waals surface area contributed by atoms with Crippen LogP contribution in [-0.4, -0.2) is 28.9 Å². The maximum absolute atomic E-state index is 12.5. The van der Waals surface area contributed by atoms with Gasteiger partial charge in [-0.15, -0.1) is 11.3 Å². The van der Waals surface area contributed by atoms with Crippen molar-refractivity contribution in [2.24, 2.45) is 0 Å². The number of aryl methyl sites for hydroxylation is 1. The van der Waals surface area contributed by atoms with E-state index in [4.69, 9.17) is 4.42 Å². The molecule has 0 radical (unpaired) electrons. The number of piperidine rings is 1. The lowest BCUT2D eigenvalue weighted by Gasteiger charge is -2.34. The fraction of sp³-hybridized carbons (Fsp3) is 0.333. The molecule has 1 atom stereocenters. The number of anilines is 1. The van der Waals surface area contributed by atoms with E-state index in [9.17, 15) is 4.79 Å². The zero-order valence-corrected chi connectivity index (χ0v) is 16.2. The van der Waals surface area contributed by atoms with Gasteiger partial charge >= 0.3 is 0 Å². The second-order valence-electron chi connectivity index (χ2n) is 6.83. The first-order valence-corrected chi connectivity index (χ1v) is 10.1. The van der Waals surface area contributed by atoms with Gasteiger partial charge in [-0.25, -0.2) is 0 Å². The van der Waals surface area contributed by atoms with Crippen molar-refractivity contribution >= 4 is 22.2 Å². The Morgan fingerprint density at radius 1 is 1.22 bits per heavy atom. The molecule has 4 rings (SSSR count). The van der Waals surface area contributed by atoms with E-state index in [1.165, 1.54) is 25.5 Å². The number of aromatic nitrogens is 1. The summed E-state index contributed by atoms with van der Waals surface area (Å²) in [5.74, 6) is 0.0980. The molecule has 0 aromatic carbocycles. The fourth-order valence-corrected chi connectivity index (χ4v) is 4.60. The number of rotatable bonds is 5. The SMILES string of the molecule is Cc1cc([C@@H](c2ccccn2)N2CCCCC2)c(NC(=O)c2ccco2)s1. The molecule has 140 valence electrons. The number of nitrogens with zero attached hydrogens (tertiary/aromatic N) is 2. The average molecular weight is 382 g/mol. The van der Waals surface area contributed by atoms with Crippen molar-refractivity contribution in [3.63, 3.8) is 0 Å². The van der Waals surface area contributed by atoms with Crippen LogP contribution in [0.4, 0.5) is 5.00 Å². The summed E-state index contributed by atoms with van der Waals surface area (Å²) in [4.78, 5) is 20.8. The minimum atomic E-state index is -0.221. The molecule has 0 saturated carbocycles. The molecular weight excluding hydrogens is 358 g/mol. The summed E-state index contributed by atoms with van der Waals surface area (Å²) >= 11 is 1.60. The highest BCUT2D eigenvalue weighted by atomic mass is 32.1. The van der Waals surface area contributed by atoms with Crippen LogP contribution in [0.25, 0.3) is 0 Å². The van der Waals surface area contributed by atoms with Gasteiger partial charge in [0.25, 0.3) is 5.91 Å². The van der Waals surface area contributed by atoms with Gasteiger partial charge in [0.05, 0.1) is 18.0 Å². The first-order valence-electron chi connectivity index (χ1n) is 9.32. The second kappa shape index (κ2) is 8.06. The van der Waals surface area contributed by atoms with Gasteiger partial charge in [-0.3, -0.25) is 14.7 Å². The predicted molar refractivity (Wildman–Crippen MR) is 107 cm³/mol. The Labute approximate surface area is 163 Å². The Morgan fingerprint density at radius 3 is 2.78 bits per heavy atom. The van der Waals surface area contributed by atoms with Crippen LogP contribution < -0.4 is 5.32 Å². The normalized spacial score (nSPS) is 16.2. The van der Waals surface area contributed by atoms with Crippen LogP contribution in [0.5, 0.6) is 0 Å². The van der Waals surface area contributed by atoms with Crippen molar-refractivity contribution < 1.29 is 9.21 Å². The first kappa shape index (κ1) is 17.9. The summed E-state index contributed by atoms with van der Waals surface area (Å²) < 4.78 is 5.25. The molecule has 6 heteroatoms. The van der Waals surface area contributed by atoms with Gasteiger partial charge in [-0.05, 0) is 63.2 Å².